The van der Waals surface area contributed by atoms with Crippen LogP contribution < -0.4 is 4.74 Å². The largest absolute Gasteiger partial charge is 0.462 e. The van der Waals surface area contributed by atoms with Crippen LogP contribution in [0.15, 0.2) is 36.9 Å². The van der Waals surface area contributed by atoms with Crippen molar-refractivity contribution in [3.63, 3.8) is 0 Å². The highest BCUT2D eigenvalue weighted by Gasteiger charge is 2.17. The van der Waals surface area contributed by atoms with Crippen LogP contribution in [0.4, 0.5) is 0 Å². The van der Waals surface area contributed by atoms with E-state index in [0.29, 0.717) is 12.2 Å². The number of aliphatic hydroxyl groups is 3. The summed E-state index contributed by atoms with van der Waals surface area (Å²) >= 11 is 0. The molecule has 2 atom stereocenters. The van der Waals surface area contributed by atoms with E-state index in [9.17, 15) is 5.11 Å². The first-order valence-electron chi connectivity index (χ1n) is 5.01. The predicted molar refractivity (Wildman–Crippen MR) is 60.1 cm³/mol. The van der Waals surface area contributed by atoms with Crippen LogP contribution in [0.3, 0.4) is 0 Å². The fourth-order valence-electron chi connectivity index (χ4n) is 1.24. The van der Waals surface area contributed by atoms with Crippen LogP contribution in [-0.4, -0.2) is 34.3 Å². The highest BCUT2D eigenvalue weighted by molar-refractivity contribution is 5.34. The van der Waals surface area contributed by atoms with Crippen LogP contribution in [0.25, 0.3) is 0 Å². The third-order valence-electron chi connectivity index (χ3n) is 2.10. The first-order valence-corrected chi connectivity index (χ1v) is 5.01. The quantitative estimate of drug-likeness (QED) is 0.485. The number of hydrogen-bond donors (Lipinski definition) is 3. The molecule has 0 heterocycles. The van der Waals surface area contributed by atoms with Gasteiger partial charge in [0.05, 0.1) is 6.61 Å². The number of benzene rings is 1. The van der Waals surface area contributed by atoms with E-state index >= 15 is 0 Å². The van der Waals surface area contributed by atoms with E-state index < -0.39 is 19.0 Å². The zero-order valence-corrected chi connectivity index (χ0v) is 8.91. The monoisotopic (exact) mass is 224 g/mol. The lowest BCUT2D eigenvalue weighted by molar-refractivity contribution is -0.118. The molecule has 0 radical (unpaired) electrons. The van der Waals surface area contributed by atoms with Gasteiger partial charge in [0.15, 0.2) is 0 Å². The molecule has 88 valence electrons. The Kier molecular flexibility index (Phi) is 4.98. The third kappa shape index (κ3) is 3.34. The van der Waals surface area contributed by atoms with Gasteiger partial charge in [-0.25, -0.2) is 0 Å². The molecule has 1 rings (SSSR count). The Morgan fingerprint density at radius 3 is 2.62 bits per heavy atom. The summed E-state index contributed by atoms with van der Waals surface area (Å²) in [5, 5.41) is 27.2. The average molecular weight is 224 g/mol. The molecule has 0 fully saturated rings. The van der Waals surface area contributed by atoms with E-state index in [1.54, 1.807) is 18.2 Å². The highest BCUT2D eigenvalue weighted by atomic mass is 16.6. The number of hydrogen-bond acceptors (Lipinski definition) is 4. The summed E-state index contributed by atoms with van der Waals surface area (Å²) in [5.41, 5.74) is 0.863. The smallest absolute Gasteiger partial charge is 0.225 e. The highest BCUT2D eigenvalue weighted by Crippen LogP contribution is 2.20. The van der Waals surface area contributed by atoms with E-state index in [1.165, 1.54) is 0 Å². The van der Waals surface area contributed by atoms with Crippen molar-refractivity contribution in [2.24, 2.45) is 0 Å². The second-order valence-corrected chi connectivity index (χ2v) is 3.36. The van der Waals surface area contributed by atoms with Gasteiger partial charge in [0, 0.05) is 0 Å². The number of para-hydroxylation sites is 1. The van der Waals surface area contributed by atoms with Crippen molar-refractivity contribution in [1.82, 2.24) is 0 Å². The summed E-state index contributed by atoms with van der Waals surface area (Å²) in [6.07, 6.45) is -0.414. The molecule has 4 heteroatoms. The maximum absolute atomic E-state index is 9.41. The van der Waals surface area contributed by atoms with Crippen LogP contribution in [0.1, 0.15) is 5.56 Å². The Morgan fingerprint density at radius 2 is 2.00 bits per heavy atom. The molecule has 0 aromatic heterocycles. The molecule has 2 unspecified atom stereocenters. The van der Waals surface area contributed by atoms with E-state index in [-0.39, 0.29) is 0 Å². The summed E-state index contributed by atoms with van der Waals surface area (Å²) < 4.78 is 5.15. The molecule has 0 saturated carbocycles. The Hall–Kier alpha value is -1.36. The number of aliphatic hydroxyl groups excluding tert-OH is 3. The van der Waals surface area contributed by atoms with Gasteiger partial charge in [-0.05, 0) is 18.1 Å². The van der Waals surface area contributed by atoms with Crippen molar-refractivity contribution in [2.45, 2.75) is 18.8 Å². The van der Waals surface area contributed by atoms with Crippen LogP contribution in [0, 0.1) is 0 Å². The van der Waals surface area contributed by atoms with E-state index in [0.717, 1.165) is 5.56 Å². The van der Waals surface area contributed by atoms with Crippen LogP contribution in [0.2, 0.25) is 0 Å². The number of rotatable bonds is 6. The van der Waals surface area contributed by atoms with Crippen molar-refractivity contribution < 1.29 is 20.1 Å². The first-order chi connectivity index (χ1) is 7.69. The Labute approximate surface area is 94.4 Å². The minimum absolute atomic E-state index is 0.474. The van der Waals surface area contributed by atoms with Crippen LogP contribution >= 0.6 is 0 Å². The predicted octanol–water partition coefficient (Wildman–Crippen LogP) is 0.465. The molecule has 3 N–H and O–H groups in total. The number of ether oxygens (including phenoxy) is 1. The van der Waals surface area contributed by atoms with Crippen molar-refractivity contribution in [3.05, 3.63) is 42.5 Å². The second-order valence-electron chi connectivity index (χ2n) is 3.36. The Balaban J connectivity index is 2.75. The molecular weight excluding hydrogens is 208 g/mol. The molecule has 16 heavy (non-hydrogen) atoms. The van der Waals surface area contributed by atoms with Crippen molar-refractivity contribution in [2.75, 3.05) is 6.61 Å². The van der Waals surface area contributed by atoms with Gasteiger partial charge in [-0.1, -0.05) is 24.3 Å². The van der Waals surface area contributed by atoms with Gasteiger partial charge in [-0.15, -0.1) is 6.58 Å². The normalized spacial score (nSPS) is 14.2. The van der Waals surface area contributed by atoms with Crippen LogP contribution in [-0.2, 0) is 6.42 Å². The maximum Gasteiger partial charge on any atom is 0.225 e. The minimum Gasteiger partial charge on any atom is -0.462 e. The summed E-state index contributed by atoms with van der Waals surface area (Å²) in [6, 6.07) is 7.14. The summed E-state index contributed by atoms with van der Waals surface area (Å²) in [6.45, 7) is 3.07. The molecule has 4 nitrogen and oxygen atoms in total. The molecule has 0 bridgehead atoms. The van der Waals surface area contributed by atoms with Crippen LogP contribution in [0.5, 0.6) is 5.75 Å². The van der Waals surface area contributed by atoms with Gasteiger partial charge in [0.2, 0.25) is 6.29 Å². The summed E-state index contributed by atoms with van der Waals surface area (Å²) in [7, 11) is 0. The lowest BCUT2D eigenvalue weighted by Gasteiger charge is -2.19. The first kappa shape index (κ1) is 12.7. The van der Waals surface area contributed by atoms with Gasteiger partial charge in [0.1, 0.15) is 11.9 Å². The molecule has 0 spiro atoms. The van der Waals surface area contributed by atoms with Gasteiger partial charge in [-0.3, -0.25) is 0 Å². The van der Waals surface area contributed by atoms with Crippen molar-refractivity contribution in [3.8, 4) is 5.75 Å². The van der Waals surface area contributed by atoms with Gasteiger partial charge in [-0.2, -0.15) is 0 Å². The SMILES string of the molecule is C=CCc1ccccc1OC(O)C(O)CO. The Morgan fingerprint density at radius 1 is 1.31 bits per heavy atom. The van der Waals surface area contributed by atoms with Crippen molar-refractivity contribution in [1.29, 1.82) is 0 Å². The second kappa shape index (κ2) is 6.27. The molecule has 0 amide bonds. The minimum atomic E-state index is -1.43. The third-order valence-corrected chi connectivity index (χ3v) is 2.10. The zero-order chi connectivity index (χ0) is 12.0. The van der Waals surface area contributed by atoms with E-state index in [4.69, 9.17) is 14.9 Å². The molecule has 1 aromatic rings. The van der Waals surface area contributed by atoms with E-state index in [1.807, 2.05) is 12.1 Å². The molecule has 0 aliphatic rings. The Bertz CT molecular complexity index is 338. The topological polar surface area (TPSA) is 69.9 Å². The summed E-state index contributed by atoms with van der Waals surface area (Å²) in [5.74, 6) is 0.474. The fraction of sp³-hybridized carbons (Fsp3) is 0.333. The lowest BCUT2D eigenvalue weighted by atomic mass is 10.1. The average Bonchev–Trinajstić information content (AvgIpc) is 2.31. The van der Waals surface area contributed by atoms with Gasteiger partial charge < -0.3 is 20.1 Å². The zero-order valence-electron chi connectivity index (χ0n) is 8.91. The molecule has 0 aliphatic carbocycles. The van der Waals surface area contributed by atoms with Crippen molar-refractivity contribution >= 4 is 0 Å². The van der Waals surface area contributed by atoms with Gasteiger partial charge >= 0.3 is 0 Å². The number of allylic oxidation sites excluding steroid dienone is 1. The fourth-order valence-corrected chi connectivity index (χ4v) is 1.24. The maximum atomic E-state index is 9.41. The standard InChI is InChI=1S/C12H16O4/c1-2-5-9-6-3-4-7-11(9)16-12(15)10(14)8-13/h2-4,6-7,10,12-15H,1,5,8H2. The molecule has 1 aromatic carbocycles. The summed E-state index contributed by atoms with van der Waals surface area (Å²) in [4.78, 5) is 0. The molecule has 0 aliphatic heterocycles. The lowest BCUT2D eigenvalue weighted by Crippen LogP contribution is -2.34. The molecular formula is C12H16O4. The van der Waals surface area contributed by atoms with E-state index in [2.05, 4.69) is 6.58 Å². The van der Waals surface area contributed by atoms with Gasteiger partial charge in [0.25, 0.3) is 0 Å². The molecule has 0 saturated heterocycles.